The third kappa shape index (κ3) is 9.33. The Labute approximate surface area is 206 Å². The lowest BCUT2D eigenvalue weighted by molar-refractivity contribution is -0.116. The highest BCUT2D eigenvalue weighted by atomic mass is 19.1. The first-order valence-corrected chi connectivity index (χ1v) is 11.5. The lowest BCUT2D eigenvalue weighted by Crippen LogP contribution is -2.45. The molecule has 2 aromatic rings. The number of halogens is 1. The van der Waals surface area contributed by atoms with E-state index >= 15 is 0 Å². The molecule has 0 aliphatic carbocycles. The standard InChI is InChI=1S/C21H29N3O4.C6H5F/c1-14(24-12-11-17(28-20(24)26)13-21(2,3)27)15-5-7-16(8-6-15)18(22)9-10-19(25)23-4;7-6-4-2-1-3-5-6/h5-10,14,17,22,27H,11-13H2,1-4H3,(H,23,25);1-5H/b10-9-,22-18?;. The van der Waals surface area contributed by atoms with Gasteiger partial charge in [-0.25, -0.2) is 9.18 Å². The summed E-state index contributed by atoms with van der Waals surface area (Å²) in [7, 11) is 1.53. The van der Waals surface area contributed by atoms with Crippen molar-refractivity contribution in [2.75, 3.05) is 13.6 Å². The summed E-state index contributed by atoms with van der Waals surface area (Å²) in [4.78, 5) is 25.3. The average molecular weight is 484 g/mol. The molecule has 2 atom stereocenters. The molecule has 7 nitrogen and oxygen atoms in total. The Morgan fingerprint density at radius 2 is 1.86 bits per heavy atom. The van der Waals surface area contributed by atoms with Gasteiger partial charge in [0.15, 0.2) is 0 Å². The number of hydrogen-bond acceptors (Lipinski definition) is 5. The van der Waals surface area contributed by atoms with Crippen LogP contribution in [0.15, 0.2) is 66.7 Å². The summed E-state index contributed by atoms with van der Waals surface area (Å²) in [5.41, 5.74) is 0.979. The molecule has 0 aromatic heterocycles. The van der Waals surface area contributed by atoms with Crippen LogP contribution < -0.4 is 5.32 Å². The van der Waals surface area contributed by atoms with Crippen LogP contribution in [0, 0.1) is 11.2 Å². The zero-order valence-corrected chi connectivity index (χ0v) is 20.6. The van der Waals surface area contributed by atoms with Gasteiger partial charge in [0.05, 0.1) is 17.4 Å². The second kappa shape index (κ2) is 12.8. The van der Waals surface area contributed by atoms with Gasteiger partial charge in [0, 0.05) is 32.5 Å². The Kier molecular flexibility index (Phi) is 10.1. The molecule has 2 unspecified atom stereocenters. The first-order chi connectivity index (χ1) is 16.5. The number of nitrogens with one attached hydrogen (secondary N) is 2. The van der Waals surface area contributed by atoms with E-state index in [1.807, 2.05) is 19.1 Å². The van der Waals surface area contributed by atoms with Crippen LogP contribution in [0.5, 0.6) is 0 Å². The van der Waals surface area contributed by atoms with E-state index < -0.39 is 5.60 Å². The minimum absolute atomic E-state index is 0.166. The van der Waals surface area contributed by atoms with E-state index in [1.165, 1.54) is 31.3 Å². The van der Waals surface area contributed by atoms with Crippen molar-refractivity contribution in [2.45, 2.75) is 51.4 Å². The Morgan fingerprint density at radius 1 is 1.23 bits per heavy atom. The molecule has 2 aromatic carbocycles. The summed E-state index contributed by atoms with van der Waals surface area (Å²) in [5.74, 6) is -0.441. The van der Waals surface area contributed by atoms with Gasteiger partial charge in [0.25, 0.3) is 0 Å². The highest BCUT2D eigenvalue weighted by Crippen LogP contribution is 2.28. The van der Waals surface area contributed by atoms with Gasteiger partial charge in [-0.3, -0.25) is 4.79 Å². The normalized spacial score (nSPS) is 16.7. The van der Waals surface area contributed by atoms with Crippen LogP contribution in [0.2, 0.25) is 0 Å². The molecule has 0 bridgehead atoms. The Balaban J connectivity index is 0.000000527. The van der Waals surface area contributed by atoms with Crippen LogP contribution in [0.4, 0.5) is 9.18 Å². The van der Waals surface area contributed by atoms with E-state index in [0.717, 1.165) is 5.56 Å². The number of ether oxygens (including phenoxy) is 1. The summed E-state index contributed by atoms with van der Waals surface area (Å²) >= 11 is 0. The molecule has 1 aliphatic rings. The molecule has 2 amide bonds. The van der Waals surface area contributed by atoms with Gasteiger partial charge in [0.2, 0.25) is 5.91 Å². The number of allylic oxidation sites excluding steroid dienone is 1. The summed E-state index contributed by atoms with van der Waals surface area (Å²) < 4.78 is 17.4. The lowest BCUT2D eigenvalue weighted by Gasteiger charge is -2.37. The zero-order chi connectivity index (χ0) is 26.0. The number of rotatable bonds is 7. The van der Waals surface area contributed by atoms with Gasteiger partial charge in [-0.1, -0.05) is 42.5 Å². The van der Waals surface area contributed by atoms with Gasteiger partial charge < -0.3 is 25.5 Å². The SMILES string of the molecule is CNC(=O)/C=C\C(=N)c1ccc(C(C)N2CCC(CC(C)(C)O)OC2=O)cc1.Fc1ccccc1. The molecule has 1 fully saturated rings. The molecule has 0 saturated carbocycles. The molecular weight excluding hydrogens is 449 g/mol. The van der Waals surface area contributed by atoms with Crippen molar-refractivity contribution < 1.29 is 23.8 Å². The maximum absolute atomic E-state index is 12.4. The second-order valence-corrected chi connectivity index (χ2v) is 8.96. The van der Waals surface area contributed by atoms with Crippen molar-refractivity contribution in [1.29, 1.82) is 5.41 Å². The molecule has 188 valence electrons. The van der Waals surface area contributed by atoms with Crippen molar-refractivity contribution in [3.8, 4) is 0 Å². The zero-order valence-electron chi connectivity index (χ0n) is 20.6. The first-order valence-electron chi connectivity index (χ1n) is 11.5. The van der Waals surface area contributed by atoms with E-state index in [4.69, 9.17) is 10.1 Å². The third-order valence-corrected chi connectivity index (χ3v) is 5.47. The van der Waals surface area contributed by atoms with E-state index in [1.54, 1.807) is 49.1 Å². The highest BCUT2D eigenvalue weighted by molar-refractivity contribution is 6.09. The molecule has 1 heterocycles. The van der Waals surface area contributed by atoms with Crippen LogP contribution in [0.25, 0.3) is 0 Å². The largest absolute Gasteiger partial charge is 0.446 e. The maximum atomic E-state index is 12.4. The maximum Gasteiger partial charge on any atom is 0.410 e. The van der Waals surface area contributed by atoms with Gasteiger partial charge in [0.1, 0.15) is 11.9 Å². The van der Waals surface area contributed by atoms with Crippen molar-refractivity contribution >= 4 is 17.7 Å². The summed E-state index contributed by atoms with van der Waals surface area (Å²) in [6.45, 7) is 5.91. The van der Waals surface area contributed by atoms with Crippen molar-refractivity contribution in [1.82, 2.24) is 10.2 Å². The van der Waals surface area contributed by atoms with Gasteiger partial charge >= 0.3 is 6.09 Å². The van der Waals surface area contributed by atoms with Crippen LogP contribution in [-0.4, -0.2) is 53.0 Å². The van der Waals surface area contributed by atoms with Crippen LogP contribution in [0.1, 0.15) is 50.8 Å². The summed E-state index contributed by atoms with van der Waals surface area (Å²) in [5, 5.41) is 20.4. The van der Waals surface area contributed by atoms with Crippen LogP contribution in [-0.2, 0) is 9.53 Å². The van der Waals surface area contributed by atoms with Crippen molar-refractivity contribution in [3.63, 3.8) is 0 Å². The number of carbonyl (C=O) groups excluding carboxylic acids is 2. The Bertz CT molecular complexity index is 1020. The molecule has 0 spiro atoms. The fourth-order valence-electron chi connectivity index (χ4n) is 3.57. The van der Waals surface area contributed by atoms with Gasteiger partial charge in [-0.05, 0) is 50.1 Å². The molecule has 3 N–H and O–H groups in total. The highest BCUT2D eigenvalue weighted by Gasteiger charge is 2.33. The fourth-order valence-corrected chi connectivity index (χ4v) is 3.57. The number of carbonyl (C=O) groups is 2. The third-order valence-electron chi connectivity index (χ3n) is 5.47. The van der Waals surface area contributed by atoms with E-state index in [-0.39, 0.29) is 35.7 Å². The molecule has 0 radical (unpaired) electrons. The molecule has 1 saturated heterocycles. The number of benzene rings is 2. The minimum Gasteiger partial charge on any atom is -0.446 e. The number of aliphatic hydroxyl groups is 1. The summed E-state index contributed by atoms with van der Waals surface area (Å²) in [6, 6.07) is 15.1. The predicted molar refractivity (Wildman–Crippen MR) is 134 cm³/mol. The molecular formula is C27H34FN3O4. The first kappa shape index (κ1) is 27.7. The van der Waals surface area contributed by atoms with E-state index in [9.17, 15) is 19.1 Å². The van der Waals surface area contributed by atoms with Gasteiger partial charge in [-0.15, -0.1) is 0 Å². The topological polar surface area (TPSA) is 103 Å². The minimum atomic E-state index is -0.870. The smallest absolute Gasteiger partial charge is 0.410 e. The molecule has 35 heavy (non-hydrogen) atoms. The molecule has 1 aliphatic heterocycles. The number of likely N-dealkylation sites (N-methyl/N-ethyl adjacent to an activating group) is 1. The number of hydrogen-bond donors (Lipinski definition) is 3. The number of amides is 2. The van der Waals surface area contributed by atoms with Crippen LogP contribution >= 0.6 is 0 Å². The molecule has 3 rings (SSSR count). The van der Waals surface area contributed by atoms with E-state index in [2.05, 4.69) is 5.32 Å². The van der Waals surface area contributed by atoms with Crippen molar-refractivity contribution in [3.05, 3.63) is 83.7 Å². The Morgan fingerprint density at radius 3 is 2.34 bits per heavy atom. The second-order valence-electron chi connectivity index (χ2n) is 8.96. The van der Waals surface area contributed by atoms with Crippen LogP contribution in [0.3, 0.4) is 0 Å². The number of nitrogens with zero attached hydrogens (tertiary/aromatic N) is 1. The summed E-state index contributed by atoms with van der Waals surface area (Å²) in [6.07, 6.45) is 3.20. The Hall–Kier alpha value is -3.52. The monoisotopic (exact) mass is 483 g/mol. The average Bonchev–Trinajstić information content (AvgIpc) is 2.82. The number of cyclic esters (lactones) is 1. The quantitative estimate of drug-likeness (QED) is 0.395. The predicted octanol–water partition coefficient (Wildman–Crippen LogP) is 4.62. The van der Waals surface area contributed by atoms with Gasteiger partial charge in [-0.2, -0.15) is 0 Å². The lowest BCUT2D eigenvalue weighted by atomic mass is 9.97. The van der Waals surface area contributed by atoms with Crippen molar-refractivity contribution in [2.24, 2.45) is 0 Å². The fraction of sp³-hybridized carbons (Fsp3) is 0.370. The molecule has 8 heteroatoms. The van der Waals surface area contributed by atoms with E-state index in [0.29, 0.717) is 24.9 Å².